The SMILES string of the molecule is CCN1CCN(c2ccc(NC(=O)C3CCN(C(=O)/C=C/c4ccccc4)CC3)c(C)c2)CC1. The highest BCUT2D eigenvalue weighted by molar-refractivity contribution is 5.94. The molecule has 2 heterocycles. The van der Waals surface area contributed by atoms with E-state index in [0.717, 1.165) is 49.5 Å². The van der Waals surface area contributed by atoms with Crippen LogP contribution in [0.1, 0.15) is 30.9 Å². The zero-order valence-electron chi connectivity index (χ0n) is 20.4. The molecule has 2 saturated heterocycles. The third kappa shape index (κ3) is 6.06. The molecule has 2 aromatic rings. The first-order chi connectivity index (χ1) is 16.5. The van der Waals surface area contributed by atoms with Crippen LogP contribution in [0.15, 0.2) is 54.6 Å². The van der Waals surface area contributed by atoms with Crippen LogP contribution in [0.4, 0.5) is 11.4 Å². The molecule has 2 fully saturated rings. The molecule has 0 saturated carbocycles. The van der Waals surface area contributed by atoms with Crippen molar-refractivity contribution in [3.63, 3.8) is 0 Å². The summed E-state index contributed by atoms with van der Waals surface area (Å²) in [5.74, 6) is -0.00315. The summed E-state index contributed by atoms with van der Waals surface area (Å²) in [5.41, 5.74) is 4.20. The Balaban J connectivity index is 1.27. The number of hydrogen-bond donors (Lipinski definition) is 1. The van der Waals surface area contributed by atoms with Gasteiger partial charge in [-0.15, -0.1) is 0 Å². The van der Waals surface area contributed by atoms with Crippen LogP contribution in [-0.2, 0) is 9.59 Å². The smallest absolute Gasteiger partial charge is 0.246 e. The molecule has 34 heavy (non-hydrogen) atoms. The standard InChI is InChI=1S/C28H36N4O2/c1-3-30-17-19-31(20-18-30)25-10-11-26(22(2)21-25)29-28(34)24-13-15-32(16-14-24)27(33)12-9-23-7-5-4-6-8-23/h4-12,21,24H,3,13-20H2,1-2H3,(H,29,34)/b12-9+. The summed E-state index contributed by atoms with van der Waals surface area (Å²) in [6.45, 7) is 10.9. The average molecular weight is 461 g/mol. The van der Waals surface area contributed by atoms with Gasteiger partial charge in [-0.05, 0) is 61.7 Å². The minimum absolute atomic E-state index is 0.00825. The lowest BCUT2D eigenvalue weighted by Gasteiger charge is -2.35. The van der Waals surface area contributed by atoms with Crippen molar-refractivity contribution in [3.05, 3.63) is 65.7 Å². The fourth-order valence-corrected chi connectivity index (χ4v) is 4.74. The fourth-order valence-electron chi connectivity index (χ4n) is 4.74. The second kappa shape index (κ2) is 11.3. The van der Waals surface area contributed by atoms with Crippen molar-refractivity contribution in [3.8, 4) is 0 Å². The van der Waals surface area contributed by atoms with Crippen LogP contribution in [0, 0.1) is 12.8 Å². The van der Waals surface area contributed by atoms with E-state index in [4.69, 9.17) is 0 Å². The zero-order valence-corrected chi connectivity index (χ0v) is 20.4. The number of carbonyl (C=O) groups excluding carboxylic acids is 2. The maximum absolute atomic E-state index is 12.9. The minimum atomic E-state index is -0.0663. The monoisotopic (exact) mass is 460 g/mol. The summed E-state index contributed by atoms with van der Waals surface area (Å²) >= 11 is 0. The third-order valence-electron chi connectivity index (χ3n) is 7.05. The van der Waals surface area contributed by atoms with E-state index >= 15 is 0 Å². The van der Waals surface area contributed by atoms with Crippen LogP contribution in [0.25, 0.3) is 6.08 Å². The minimum Gasteiger partial charge on any atom is -0.369 e. The number of carbonyl (C=O) groups is 2. The zero-order chi connectivity index (χ0) is 23.9. The first kappa shape index (κ1) is 24.0. The number of benzene rings is 2. The fraction of sp³-hybridized carbons (Fsp3) is 0.429. The molecule has 2 aliphatic rings. The van der Waals surface area contributed by atoms with Crippen LogP contribution in [0.3, 0.4) is 0 Å². The molecule has 1 N–H and O–H groups in total. The molecule has 0 atom stereocenters. The number of anilines is 2. The van der Waals surface area contributed by atoms with Crippen molar-refractivity contribution < 1.29 is 9.59 Å². The number of rotatable bonds is 6. The Bertz CT molecular complexity index is 1000. The number of nitrogens with one attached hydrogen (secondary N) is 1. The van der Waals surface area contributed by atoms with Crippen molar-refractivity contribution in [2.24, 2.45) is 5.92 Å². The maximum Gasteiger partial charge on any atom is 0.246 e. The highest BCUT2D eigenvalue weighted by Gasteiger charge is 2.27. The van der Waals surface area contributed by atoms with Crippen molar-refractivity contribution in [1.82, 2.24) is 9.80 Å². The predicted octanol–water partition coefficient (Wildman–Crippen LogP) is 4.03. The number of likely N-dealkylation sites (tertiary alicyclic amines) is 1. The van der Waals surface area contributed by atoms with E-state index in [1.165, 1.54) is 5.69 Å². The first-order valence-electron chi connectivity index (χ1n) is 12.4. The number of piperidine rings is 1. The summed E-state index contributed by atoms with van der Waals surface area (Å²) in [5, 5.41) is 3.13. The second-order valence-electron chi connectivity index (χ2n) is 9.25. The highest BCUT2D eigenvalue weighted by atomic mass is 16.2. The van der Waals surface area contributed by atoms with Gasteiger partial charge < -0.3 is 20.0 Å². The molecule has 2 aliphatic heterocycles. The molecule has 4 rings (SSSR count). The molecule has 0 aromatic heterocycles. The topological polar surface area (TPSA) is 55.9 Å². The number of amides is 2. The van der Waals surface area contributed by atoms with Gasteiger partial charge in [0.1, 0.15) is 0 Å². The Labute approximate surface area is 203 Å². The Kier molecular flexibility index (Phi) is 8.01. The molecular weight excluding hydrogens is 424 g/mol. The molecule has 6 heteroatoms. The van der Waals surface area contributed by atoms with Gasteiger partial charge in [0.15, 0.2) is 0 Å². The third-order valence-corrected chi connectivity index (χ3v) is 7.05. The van der Waals surface area contributed by atoms with Gasteiger partial charge in [0.2, 0.25) is 11.8 Å². The molecule has 2 amide bonds. The van der Waals surface area contributed by atoms with E-state index in [1.807, 2.05) is 47.4 Å². The van der Waals surface area contributed by atoms with Gasteiger partial charge in [-0.2, -0.15) is 0 Å². The van der Waals surface area contributed by atoms with Crippen molar-refractivity contribution in [2.45, 2.75) is 26.7 Å². The van der Waals surface area contributed by atoms with E-state index in [2.05, 4.69) is 41.1 Å². The number of aryl methyl sites for hydroxylation is 1. The predicted molar refractivity (Wildman–Crippen MR) is 139 cm³/mol. The van der Waals surface area contributed by atoms with Crippen LogP contribution < -0.4 is 10.2 Å². The quantitative estimate of drug-likeness (QED) is 0.662. The van der Waals surface area contributed by atoms with Gasteiger partial charge in [-0.1, -0.05) is 37.3 Å². The van der Waals surface area contributed by atoms with Crippen molar-refractivity contribution >= 4 is 29.3 Å². The Morgan fingerprint density at radius 1 is 0.971 bits per heavy atom. The van der Waals surface area contributed by atoms with E-state index in [0.29, 0.717) is 25.9 Å². The van der Waals surface area contributed by atoms with Crippen molar-refractivity contribution in [1.29, 1.82) is 0 Å². The average Bonchev–Trinajstić information content (AvgIpc) is 2.89. The summed E-state index contributed by atoms with van der Waals surface area (Å²) in [6.07, 6.45) is 4.85. The van der Waals surface area contributed by atoms with Crippen LogP contribution >= 0.6 is 0 Å². The van der Waals surface area contributed by atoms with E-state index in [1.54, 1.807) is 6.08 Å². The summed E-state index contributed by atoms with van der Waals surface area (Å²) in [4.78, 5) is 32.2. The molecule has 0 bridgehead atoms. The molecule has 6 nitrogen and oxygen atoms in total. The van der Waals surface area contributed by atoms with E-state index < -0.39 is 0 Å². The van der Waals surface area contributed by atoms with Gasteiger partial charge in [0, 0.05) is 62.6 Å². The Hall–Kier alpha value is -3.12. The first-order valence-corrected chi connectivity index (χ1v) is 12.4. The maximum atomic E-state index is 12.9. The van der Waals surface area contributed by atoms with Gasteiger partial charge in [0.05, 0.1) is 0 Å². The van der Waals surface area contributed by atoms with Crippen LogP contribution in [0.2, 0.25) is 0 Å². The lowest BCUT2D eigenvalue weighted by atomic mass is 9.95. The second-order valence-corrected chi connectivity index (χ2v) is 9.25. The van der Waals surface area contributed by atoms with Gasteiger partial charge in [-0.25, -0.2) is 0 Å². The molecule has 180 valence electrons. The number of likely N-dealkylation sites (N-methyl/N-ethyl adjacent to an activating group) is 1. The summed E-state index contributed by atoms with van der Waals surface area (Å²) < 4.78 is 0. The number of hydrogen-bond acceptors (Lipinski definition) is 4. The van der Waals surface area contributed by atoms with Gasteiger partial charge in [0.25, 0.3) is 0 Å². The normalized spacial score (nSPS) is 17.8. The molecule has 0 spiro atoms. The molecule has 0 unspecified atom stereocenters. The largest absolute Gasteiger partial charge is 0.369 e. The number of piperazine rings is 1. The van der Waals surface area contributed by atoms with Gasteiger partial charge >= 0.3 is 0 Å². The van der Waals surface area contributed by atoms with E-state index in [-0.39, 0.29) is 17.7 Å². The Morgan fingerprint density at radius 3 is 2.32 bits per heavy atom. The highest BCUT2D eigenvalue weighted by Crippen LogP contribution is 2.26. The lowest BCUT2D eigenvalue weighted by molar-refractivity contribution is -0.130. The van der Waals surface area contributed by atoms with Crippen LogP contribution in [-0.4, -0.2) is 67.4 Å². The molecular formula is C28H36N4O2. The summed E-state index contributed by atoms with van der Waals surface area (Å²) in [6, 6.07) is 16.1. The van der Waals surface area contributed by atoms with Crippen molar-refractivity contribution in [2.75, 3.05) is 56.0 Å². The molecule has 2 aromatic carbocycles. The van der Waals surface area contributed by atoms with E-state index in [9.17, 15) is 9.59 Å². The molecule has 0 aliphatic carbocycles. The van der Waals surface area contributed by atoms with Gasteiger partial charge in [-0.3, -0.25) is 9.59 Å². The molecule has 0 radical (unpaired) electrons. The summed E-state index contributed by atoms with van der Waals surface area (Å²) in [7, 11) is 0. The Morgan fingerprint density at radius 2 is 1.68 bits per heavy atom. The lowest BCUT2D eigenvalue weighted by Crippen LogP contribution is -2.46. The number of nitrogens with zero attached hydrogens (tertiary/aromatic N) is 3. The van der Waals surface area contributed by atoms with Crippen LogP contribution in [0.5, 0.6) is 0 Å².